The molecule has 2 fully saturated rings. The van der Waals surface area contributed by atoms with E-state index in [2.05, 4.69) is 9.97 Å². The van der Waals surface area contributed by atoms with Crippen molar-refractivity contribution in [1.82, 2.24) is 14.9 Å². The third-order valence-electron chi connectivity index (χ3n) is 3.48. The van der Waals surface area contributed by atoms with E-state index in [0.29, 0.717) is 43.9 Å². The third kappa shape index (κ3) is 2.17. The highest BCUT2D eigenvalue weighted by Gasteiger charge is 2.38. The fraction of sp³-hybridized carbons (Fsp3) is 0.583. The monoisotopic (exact) mass is 280 g/mol. The number of hydrogen-bond acceptors (Lipinski definition) is 7. The van der Waals surface area contributed by atoms with E-state index >= 15 is 0 Å². The maximum atomic E-state index is 11.5. The summed E-state index contributed by atoms with van der Waals surface area (Å²) in [6, 6.07) is 1.68. The first kappa shape index (κ1) is 12.8. The van der Waals surface area contributed by atoms with Crippen molar-refractivity contribution in [2.75, 3.05) is 45.4 Å². The van der Waals surface area contributed by atoms with E-state index in [4.69, 9.17) is 14.2 Å². The van der Waals surface area contributed by atoms with Crippen LogP contribution in [0, 0.1) is 0 Å². The molecule has 0 aliphatic carbocycles. The Bertz CT molecular complexity index is 502. The van der Waals surface area contributed by atoms with Crippen LogP contribution in [0.5, 0.6) is 11.8 Å². The number of rotatable bonds is 3. The molecule has 3 rings (SSSR count). The minimum atomic E-state index is -0.237. The number of nitrogens with zero attached hydrogens (tertiary/aromatic N) is 4. The zero-order valence-corrected chi connectivity index (χ0v) is 11.4. The van der Waals surface area contributed by atoms with E-state index in [-0.39, 0.29) is 12.1 Å². The molecule has 3 heterocycles. The van der Waals surface area contributed by atoms with Gasteiger partial charge in [-0.3, -0.25) is 4.90 Å². The lowest BCUT2D eigenvalue weighted by Crippen LogP contribution is -2.52. The lowest BCUT2D eigenvalue weighted by Gasteiger charge is -2.35. The maximum Gasteiger partial charge on any atom is 0.410 e. The number of methoxy groups -OCH3 is 2. The van der Waals surface area contributed by atoms with Crippen LogP contribution in [0.1, 0.15) is 0 Å². The van der Waals surface area contributed by atoms with Gasteiger partial charge in [-0.1, -0.05) is 0 Å². The van der Waals surface area contributed by atoms with Gasteiger partial charge in [-0.05, 0) is 0 Å². The Kier molecular flexibility index (Phi) is 3.21. The van der Waals surface area contributed by atoms with Crippen LogP contribution in [0.3, 0.4) is 0 Å². The van der Waals surface area contributed by atoms with Crippen molar-refractivity contribution < 1.29 is 19.0 Å². The molecule has 0 aromatic carbocycles. The summed E-state index contributed by atoms with van der Waals surface area (Å²) >= 11 is 0. The number of ether oxygens (including phenoxy) is 3. The molecule has 0 radical (unpaired) electrons. The quantitative estimate of drug-likeness (QED) is 0.779. The lowest BCUT2D eigenvalue weighted by atomic mass is 10.2. The summed E-state index contributed by atoms with van der Waals surface area (Å²) in [5.41, 5.74) is 0. The first-order valence-electron chi connectivity index (χ1n) is 6.36. The van der Waals surface area contributed by atoms with Crippen LogP contribution in [0.2, 0.25) is 0 Å². The number of amides is 1. The largest absolute Gasteiger partial charge is 0.481 e. The maximum absolute atomic E-state index is 11.5. The van der Waals surface area contributed by atoms with Gasteiger partial charge in [0.25, 0.3) is 0 Å². The van der Waals surface area contributed by atoms with Crippen LogP contribution in [0.15, 0.2) is 6.07 Å². The molecule has 108 valence electrons. The molecule has 1 atom stereocenters. The van der Waals surface area contributed by atoms with Crippen molar-refractivity contribution in [3.63, 3.8) is 0 Å². The Morgan fingerprint density at radius 2 is 1.95 bits per heavy atom. The topological polar surface area (TPSA) is 77.0 Å². The summed E-state index contributed by atoms with van der Waals surface area (Å²) < 4.78 is 15.3. The molecule has 8 nitrogen and oxygen atoms in total. The molecule has 2 aliphatic rings. The Morgan fingerprint density at radius 3 is 2.60 bits per heavy atom. The van der Waals surface area contributed by atoms with Crippen LogP contribution in [-0.2, 0) is 4.74 Å². The summed E-state index contributed by atoms with van der Waals surface area (Å²) in [7, 11) is 3.10. The highest BCUT2D eigenvalue weighted by Crippen LogP contribution is 2.24. The van der Waals surface area contributed by atoms with E-state index in [1.807, 2.05) is 4.90 Å². The third-order valence-corrected chi connectivity index (χ3v) is 3.48. The van der Waals surface area contributed by atoms with Gasteiger partial charge in [0.2, 0.25) is 17.7 Å². The second kappa shape index (κ2) is 5.03. The Morgan fingerprint density at radius 1 is 1.25 bits per heavy atom. The highest BCUT2D eigenvalue weighted by molar-refractivity contribution is 5.70. The van der Waals surface area contributed by atoms with Gasteiger partial charge in [0.1, 0.15) is 6.61 Å². The molecule has 1 aromatic heterocycles. The summed E-state index contributed by atoms with van der Waals surface area (Å²) in [6.45, 7) is 2.31. The van der Waals surface area contributed by atoms with Gasteiger partial charge >= 0.3 is 6.09 Å². The van der Waals surface area contributed by atoms with Crippen LogP contribution in [0.4, 0.5) is 10.7 Å². The first-order valence-corrected chi connectivity index (χ1v) is 6.36. The zero-order chi connectivity index (χ0) is 14.1. The van der Waals surface area contributed by atoms with Crippen molar-refractivity contribution in [3.05, 3.63) is 6.07 Å². The minimum Gasteiger partial charge on any atom is -0.481 e. The molecule has 20 heavy (non-hydrogen) atoms. The van der Waals surface area contributed by atoms with Gasteiger partial charge in [-0.2, -0.15) is 9.97 Å². The van der Waals surface area contributed by atoms with Gasteiger partial charge in [-0.15, -0.1) is 0 Å². The molecule has 0 spiro atoms. The zero-order valence-electron chi connectivity index (χ0n) is 11.4. The van der Waals surface area contributed by atoms with Crippen molar-refractivity contribution in [1.29, 1.82) is 0 Å². The summed E-state index contributed by atoms with van der Waals surface area (Å²) in [6.07, 6.45) is -0.237. The first-order chi connectivity index (χ1) is 9.71. The Labute approximate surface area is 116 Å². The van der Waals surface area contributed by atoms with Gasteiger partial charge in [0, 0.05) is 19.6 Å². The molecule has 0 bridgehead atoms. The summed E-state index contributed by atoms with van der Waals surface area (Å²) in [4.78, 5) is 23.9. The summed E-state index contributed by atoms with van der Waals surface area (Å²) in [5, 5.41) is 0. The van der Waals surface area contributed by atoms with Crippen molar-refractivity contribution >= 4 is 12.0 Å². The number of piperazine rings is 1. The van der Waals surface area contributed by atoms with E-state index in [1.165, 1.54) is 0 Å². The SMILES string of the molecule is COc1cc(OC)nc(N2CCN3C(=O)OCC3C2)n1. The van der Waals surface area contributed by atoms with Gasteiger partial charge < -0.3 is 19.1 Å². The molecule has 1 unspecified atom stereocenters. The lowest BCUT2D eigenvalue weighted by molar-refractivity contribution is 0.157. The number of fused-ring (bicyclic) bond motifs is 1. The molecule has 2 saturated heterocycles. The van der Waals surface area contributed by atoms with Gasteiger partial charge in [0.15, 0.2) is 0 Å². The molecule has 0 N–H and O–H groups in total. The molecule has 8 heteroatoms. The Balaban J connectivity index is 1.81. The fourth-order valence-corrected chi connectivity index (χ4v) is 2.41. The van der Waals surface area contributed by atoms with Crippen molar-refractivity contribution in [2.45, 2.75) is 6.04 Å². The van der Waals surface area contributed by atoms with E-state index < -0.39 is 0 Å². The number of cyclic esters (lactones) is 1. The number of carbonyl (C=O) groups excluding carboxylic acids is 1. The predicted octanol–water partition coefficient (Wildman–Crippen LogP) is 0.135. The molecular formula is C12H16N4O4. The normalized spacial score (nSPS) is 21.5. The van der Waals surface area contributed by atoms with Crippen molar-refractivity contribution in [3.8, 4) is 11.8 Å². The van der Waals surface area contributed by atoms with Crippen molar-refractivity contribution in [2.24, 2.45) is 0 Å². The van der Waals surface area contributed by atoms with E-state index in [1.54, 1.807) is 25.2 Å². The number of hydrogen-bond donors (Lipinski definition) is 0. The van der Waals surface area contributed by atoms with Crippen LogP contribution < -0.4 is 14.4 Å². The van der Waals surface area contributed by atoms with Gasteiger partial charge in [0.05, 0.1) is 26.3 Å². The molecule has 1 aromatic rings. The average molecular weight is 280 g/mol. The number of anilines is 1. The highest BCUT2D eigenvalue weighted by atomic mass is 16.6. The fourth-order valence-electron chi connectivity index (χ4n) is 2.41. The second-order valence-corrected chi connectivity index (χ2v) is 4.62. The van der Waals surface area contributed by atoms with Gasteiger partial charge in [-0.25, -0.2) is 4.79 Å². The number of aromatic nitrogens is 2. The van der Waals surface area contributed by atoms with E-state index in [0.717, 1.165) is 0 Å². The van der Waals surface area contributed by atoms with Crippen LogP contribution in [-0.4, -0.2) is 67.5 Å². The molecule has 2 aliphatic heterocycles. The van der Waals surface area contributed by atoms with Crippen LogP contribution in [0.25, 0.3) is 0 Å². The summed E-state index contributed by atoms with van der Waals surface area (Å²) in [5.74, 6) is 1.45. The van der Waals surface area contributed by atoms with E-state index in [9.17, 15) is 4.79 Å². The average Bonchev–Trinajstić information content (AvgIpc) is 2.87. The Hall–Kier alpha value is -2.25. The predicted molar refractivity (Wildman–Crippen MR) is 69.2 cm³/mol. The smallest absolute Gasteiger partial charge is 0.410 e. The second-order valence-electron chi connectivity index (χ2n) is 4.62. The molecular weight excluding hydrogens is 264 g/mol. The number of carbonyl (C=O) groups is 1. The minimum absolute atomic E-state index is 0.0528. The molecule has 0 saturated carbocycles. The standard InChI is InChI=1S/C12H16N4O4/c1-18-9-5-10(19-2)14-11(13-9)15-3-4-16-8(6-15)7-20-12(16)17/h5,8H,3-4,6-7H2,1-2H3. The van der Waals surface area contributed by atoms with Crippen LogP contribution >= 0.6 is 0 Å². The molecule has 1 amide bonds.